The molecule has 0 spiro atoms. The highest BCUT2D eigenvalue weighted by Gasteiger charge is 2.25. The molecular formula is C58H59N5O8. The molecule has 1 saturated carbocycles. The fourth-order valence-electron chi connectivity index (χ4n) is 8.75. The summed E-state index contributed by atoms with van der Waals surface area (Å²) >= 11 is 0. The first-order valence-electron chi connectivity index (χ1n) is 24.1. The Bertz CT molecular complexity index is 2970. The van der Waals surface area contributed by atoms with Crippen LogP contribution in [0.3, 0.4) is 0 Å². The zero-order chi connectivity index (χ0) is 49.5. The molecule has 0 atom stereocenters. The molecule has 0 heterocycles. The number of methoxy groups -OCH3 is 1. The first-order chi connectivity index (χ1) is 34.6. The van der Waals surface area contributed by atoms with Crippen molar-refractivity contribution in [1.82, 2.24) is 4.90 Å². The molecule has 364 valence electrons. The van der Waals surface area contributed by atoms with Crippen LogP contribution in [0.5, 0.6) is 23.0 Å². The Morgan fingerprint density at radius 2 is 1.20 bits per heavy atom. The Hall–Kier alpha value is -8.16. The summed E-state index contributed by atoms with van der Waals surface area (Å²) in [5.74, 6) is 0.0281. The van der Waals surface area contributed by atoms with Gasteiger partial charge < -0.3 is 45.9 Å². The molecule has 0 bridgehead atoms. The Labute approximate surface area is 413 Å². The number of phenols is 1. The molecule has 4 amide bonds. The van der Waals surface area contributed by atoms with E-state index in [-0.39, 0.29) is 66.4 Å². The Balaban J connectivity index is 0.999. The normalized spacial score (nSPS) is 12.4. The maximum Gasteiger partial charge on any atom is 0.255 e. The summed E-state index contributed by atoms with van der Waals surface area (Å²) in [5, 5.41) is 20.6. The van der Waals surface area contributed by atoms with Crippen LogP contribution in [0.15, 0.2) is 152 Å². The Kier molecular flexibility index (Phi) is 16.6. The van der Waals surface area contributed by atoms with E-state index in [1.165, 1.54) is 25.7 Å². The van der Waals surface area contributed by atoms with E-state index in [2.05, 4.69) is 46.3 Å². The highest BCUT2D eigenvalue weighted by atomic mass is 16.5. The van der Waals surface area contributed by atoms with Gasteiger partial charge in [-0.25, -0.2) is 0 Å². The number of fused-ring (bicyclic) bond motifs is 1. The van der Waals surface area contributed by atoms with E-state index in [1.54, 1.807) is 66.7 Å². The topological polar surface area (TPSA) is 182 Å². The third-order valence-electron chi connectivity index (χ3n) is 12.6. The second-order valence-corrected chi connectivity index (χ2v) is 17.7. The van der Waals surface area contributed by atoms with Gasteiger partial charge in [0.2, 0.25) is 5.91 Å². The van der Waals surface area contributed by atoms with Crippen molar-refractivity contribution in [1.29, 1.82) is 0 Å². The molecule has 0 saturated heterocycles. The standard InChI is InChI=1S/C58H59N5O8/c1-69-52-33-45(20-25-49(52)61-57(67)46-21-26-50(60-55(65)28-30-59)53(34-46)70-31-29-39-17-23-48(64)24-18-39)56(66)62-51-27-22-47(35-54(51)71-38-41-12-6-3-7-13-41)58(68)63(36-40-10-4-2-5-11-40)37-42-16-19-43-14-8-9-15-44(43)32-42/h3,6-9,12-27,32-35,40,64H,2,4-5,10-11,28-31,36-38,59H2,1H3,(H,60,65)(H,61,67)(H,62,66). The van der Waals surface area contributed by atoms with Crippen molar-refractivity contribution in [3.05, 3.63) is 185 Å². The number of nitrogens with zero attached hydrogens (tertiary/aromatic N) is 1. The number of benzene rings is 7. The predicted octanol–water partition coefficient (Wildman–Crippen LogP) is 10.8. The van der Waals surface area contributed by atoms with Crippen LogP contribution in [0, 0.1) is 5.92 Å². The monoisotopic (exact) mass is 953 g/mol. The predicted molar refractivity (Wildman–Crippen MR) is 277 cm³/mol. The molecule has 1 aliphatic rings. The third-order valence-corrected chi connectivity index (χ3v) is 12.6. The van der Waals surface area contributed by atoms with Crippen molar-refractivity contribution in [2.24, 2.45) is 11.7 Å². The van der Waals surface area contributed by atoms with Gasteiger partial charge in [-0.2, -0.15) is 0 Å². The number of nitrogens with two attached hydrogens (primary N) is 1. The van der Waals surface area contributed by atoms with E-state index in [9.17, 15) is 24.3 Å². The van der Waals surface area contributed by atoms with Crippen LogP contribution in [0.2, 0.25) is 0 Å². The van der Waals surface area contributed by atoms with E-state index in [0.29, 0.717) is 53.8 Å². The number of phenolic OH excluding ortho intramolecular Hbond substituents is 1. The van der Waals surface area contributed by atoms with E-state index >= 15 is 0 Å². The van der Waals surface area contributed by atoms with Crippen molar-refractivity contribution >= 4 is 51.5 Å². The maximum atomic E-state index is 14.6. The van der Waals surface area contributed by atoms with Gasteiger partial charge in [-0.15, -0.1) is 0 Å². The average Bonchev–Trinajstić information content (AvgIpc) is 3.39. The highest BCUT2D eigenvalue weighted by molar-refractivity contribution is 6.08. The molecule has 1 aliphatic carbocycles. The number of amides is 4. The Morgan fingerprint density at radius 1 is 0.606 bits per heavy atom. The largest absolute Gasteiger partial charge is 0.508 e. The molecule has 13 nitrogen and oxygen atoms in total. The molecule has 7 aromatic rings. The number of rotatable bonds is 20. The lowest BCUT2D eigenvalue weighted by atomic mass is 9.88. The molecule has 7 aromatic carbocycles. The van der Waals surface area contributed by atoms with Gasteiger partial charge in [0, 0.05) is 49.2 Å². The van der Waals surface area contributed by atoms with Gasteiger partial charge in [-0.3, -0.25) is 19.2 Å². The molecule has 8 rings (SSSR count). The van der Waals surface area contributed by atoms with Crippen molar-refractivity contribution < 1.29 is 38.5 Å². The molecule has 6 N–H and O–H groups in total. The van der Waals surface area contributed by atoms with Crippen LogP contribution in [-0.4, -0.2) is 60.4 Å². The summed E-state index contributed by atoms with van der Waals surface area (Å²) < 4.78 is 18.1. The second-order valence-electron chi connectivity index (χ2n) is 17.7. The number of hydrogen-bond donors (Lipinski definition) is 5. The number of hydrogen-bond acceptors (Lipinski definition) is 9. The molecule has 0 aliphatic heterocycles. The number of carbonyl (C=O) groups excluding carboxylic acids is 4. The highest BCUT2D eigenvalue weighted by Crippen LogP contribution is 2.33. The number of nitrogens with one attached hydrogen (secondary N) is 3. The number of carbonyl (C=O) groups is 4. The SMILES string of the molecule is COc1cc(C(=O)Nc2ccc(C(=O)N(Cc3ccc4ccccc4c3)CC3CCCCC3)cc2OCc2ccccc2)ccc1NC(=O)c1ccc(NC(=O)CCN)c(OCCc2ccc(O)cc2)c1. The van der Waals surface area contributed by atoms with E-state index < -0.39 is 11.8 Å². The molecule has 0 unspecified atom stereocenters. The van der Waals surface area contributed by atoms with E-state index in [1.807, 2.05) is 47.4 Å². The summed E-state index contributed by atoms with van der Waals surface area (Å²) in [7, 11) is 1.44. The lowest BCUT2D eigenvalue weighted by molar-refractivity contribution is -0.116. The number of aromatic hydroxyl groups is 1. The van der Waals surface area contributed by atoms with Gasteiger partial charge in [-0.05, 0) is 119 Å². The number of ether oxygens (including phenoxy) is 3. The molecule has 1 fully saturated rings. The summed E-state index contributed by atoms with van der Waals surface area (Å²) in [6.45, 7) is 1.69. The van der Waals surface area contributed by atoms with Gasteiger partial charge in [0.05, 0.1) is 30.8 Å². The van der Waals surface area contributed by atoms with Gasteiger partial charge in [0.25, 0.3) is 17.7 Å². The lowest BCUT2D eigenvalue weighted by Gasteiger charge is -2.30. The summed E-state index contributed by atoms with van der Waals surface area (Å²) in [4.78, 5) is 56.9. The molecule has 0 radical (unpaired) electrons. The minimum Gasteiger partial charge on any atom is -0.508 e. The summed E-state index contributed by atoms with van der Waals surface area (Å²) in [6.07, 6.45) is 6.32. The maximum absolute atomic E-state index is 14.6. The van der Waals surface area contributed by atoms with E-state index in [4.69, 9.17) is 19.9 Å². The van der Waals surface area contributed by atoms with Crippen LogP contribution >= 0.6 is 0 Å². The number of anilines is 3. The molecular weight excluding hydrogens is 895 g/mol. The first kappa shape index (κ1) is 49.3. The van der Waals surface area contributed by atoms with Crippen LogP contribution in [0.1, 0.15) is 86.3 Å². The fraction of sp³-hybridized carbons (Fsp3) is 0.241. The fourth-order valence-corrected chi connectivity index (χ4v) is 8.75. The lowest BCUT2D eigenvalue weighted by Crippen LogP contribution is -2.35. The quantitative estimate of drug-likeness (QED) is 0.0497. The minimum atomic E-state index is -0.492. The van der Waals surface area contributed by atoms with Crippen molar-refractivity contribution in [3.63, 3.8) is 0 Å². The molecule has 0 aromatic heterocycles. The zero-order valence-electron chi connectivity index (χ0n) is 39.8. The smallest absolute Gasteiger partial charge is 0.255 e. The third kappa shape index (κ3) is 13.3. The van der Waals surface area contributed by atoms with Crippen molar-refractivity contribution in [2.75, 3.05) is 42.8 Å². The van der Waals surface area contributed by atoms with Crippen LogP contribution in [-0.2, 0) is 24.4 Å². The van der Waals surface area contributed by atoms with Gasteiger partial charge in [0.15, 0.2) is 0 Å². The zero-order valence-corrected chi connectivity index (χ0v) is 39.8. The Morgan fingerprint density at radius 3 is 1.89 bits per heavy atom. The van der Waals surface area contributed by atoms with Gasteiger partial charge in [-0.1, -0.05) is 98.1 Å². The van der Waals surface area contributed by atoms with Crippen LogP contribution in [0.25, 0.3) is 10.8 Å². The summed E-state index contributed by atoms with van der Waals surface area (Å²) in [5.41, 5.74) is 10.5. The van der Waals surface area contributed by atoms with Gasteiger partial charge in [0.1, 0.15) is 29.6 Å². The first-order valence-corrected chi connectivity index (χ1v) is 24.1. The van der Waals surface area contributed by atoms with E-state index in [0.717, 1.165) is 53.1 Å². The molecule has 13 heteroatoms. The van der Waals surface area contributed by atoms with Crippen molar-refractivity contribution in [3.8, 4) is 23.0 Å². The average molecular weight is 954 g/mol. The van der Waals surface area contributed by atoms with Crippen molar-refractivity contribution in [2.45, 2.75) is 58.1 Å². The summed E-state index contributed by atoms with van der Waals surface area (Å²) in [6, 6.07) is 45.5. The second kappa shape index (κ2) is 23.9. The van der Waals surface area contributed by atoms with Crippen LogP contribution < -0.4 is 35.9 Å². The minimum absolute atomic E-state index is 0.104. The molecule has 71 heavy (non-hydrogen) atoms. The van der Waals surface area contributed by atoms with Crippen LogP contribution in [0.4, 0.5) is 17.1 Å². The van der Waals surface area contributed by atoms with Gasteiger partial charge >= 0.3 is 0 Å².